The molecule has 9 aliphatic rings. The Hall–Kier alpha value is -8.50. The number of para-hydroxylation sites is 4. The number of benzene rings is 4. The molecular weight excluding hydrogens is 1410 g/mol. The molecule has 13 rings (SSSR count). The molecular formula is C90H142N10O12. The van der Waals surface area contributed by atoms with Gasteiger partial charge in [-0.15, -0.1) is 0 Å². The molecule has 22 nitrogen and oxygen atoms in total. The summed E-state index contributed by atoms with van der Waals surface area (Å²) in [5.74, 6) is -1.55. The van der Waals surface area contributed by atoms with Gasteiger partial charge in [0.05, 0.1) is 33.7 Å². The van der Waals surface area contributed by atoms with Gasteiger partial charge in [0, 0.05) is 81.6 Å². The molecule has 0 saturated carbocycles. The second-order valence-corrected chi connectivity index (χ2v) is 32.8. The Kier molecular flexibility index (Phi) is 37.1. The molecule has 112 heavy (non-hydrogen) atoms. The maximum absolute atomic E-state index is 12.9. The van der Waals surface area contributed by atoms with Gasteiger partial charge in [0.1, 0.15) is 33.4 Å². The maximum atomic E-state index is 12.9. The van der Waals surface area contributed by atoms with Crippen LogP contribution in [0.4, 0.5) is 37.1 Å². The van der Waals surface area contributed by atoms with E-state index in [-0.39, 0.29) is 48.2 Å². The van der Waals surface area contributed by atoms with E-state index in [1.54, 1.807) is 52.5 Å². The average molecular weight is 1560 g/mol. The van der Waals surface area contributed by atoms with Crippen LogP contribution in [-0.4, -0.2) is 178 Å². The molecule has 0 bridgehead atoms. The van der Waals surface area contributed by atoms with E-state index in [2.05, 4.69) is 79.9 Å². The molecule has 0 unspecified atom stereocenters. The highest BCUT2D eigenvalue weighted by molar-refractivity contribution is 6.04. The Labute approximate surface area is 672 Å². The second kappa shape index (κ2) is 42.6. The van der Waals surface area contributed by atoms with Crippen LogP contribution in [-0.2, 0) is 59.1 Å². The van der Waals surface area contributed by atoms with Crippen LogP contribution in [0.2, 0.25) is 0 Å². The van der Waals surface area contributed by atoms with Gasteiger partial charge in [-0.1, -0.05) is 136 Å². The van der Waals surface area contributed by atoms with Gasteiger partial charge in [-0.2, -0.15) is 0 Å². The number of ether oxygens (including phenoxy) is 3. The van der Waals surface area contributed by atoms with E-state index in [4.69, 9.17) is 45.1 Å². The highest BCUT2D eigenvalue weighted by Crippen LogP contribution is 2.41. The third-order valence-electron chi connectivity index (χ3n) is 21.2. The summed E-state index contributed by atoms with van der Waals surface area (Å²) < 4.78 is 16.2. The predicted octanol–water partition coefficient (Wildman–Crippen LogP) is 19.3. The van der Waals surface area contributed by atoms with Crippen molar-refractivity contribution in [1.82, 2.24) is 30.2 Å². The number of rotatable bonds is 8. The van der Waals surface area contributed by atoms with Crippen LogP contribution in [0.15, 0.2) is 112 Å². The number of Topliss-reactive ketones (excluding diaryl/α,β-unsaturated/α-hetero) is 1. The third-order valence-corrected chi connectivity index (χ3v) is 21.2. The molecule has 0 aromatic heterocycles. The first-order valence-electron chi connectivity index (χ1n) is 40.8. The van der Waals surface area contributed by atoms with Crippen LogP contribution in [0.1, 0.15) is 273 Å². The van der Waals surface area contributed by atoms with Crippen molar-refractivity contribution in [1.29, 1.82) is 0 Å². The minimum Gasteiger partial charge on any atom is -0.480 e. The number of carboxylic acid groups (broad SMARTS) is 2. The number of ketones is 1. The molecule has 0 spiro atoms. The van der Waals surface area contributed by atoms with Gasteiger partial charge in [-0.25, -0.2) is 19.2 Å². The first-order chi connectivity index (χ1) is 52.1. The number of nitrogen functional groups attached to an aromatic ring is 1. The Bertz CT molecular complexity index is 3850. The average Bonchev–Trinajstić information content (AvgIpc) is 1.62. The van der Waals surface area contributed by atoms with Gasteiger partial charge in [0.25, 0.3) is 0 Å². The lowest BCUT2D eigenvalue weighted by atomic mass is 9.89. The zero-order chi connectivity index (χ0) is 83.7. The standard InChI is InChI=1S/C18H26N2O3.C18H24N2O2.C15H18N2O.C13H16N2.C11H19NO4.C6H11NO2.4C2H6.CH4/c1-17(2,3)23-16(22)20-11-7-10-18(20,4)15(21)12-13-8-5-6-9-14(13)19;1-17(2,3)22-16(21)20-11-7-10-18(20,4)15-12-13-8-5-6-9-14(13)19-15;1-11(18)17-9-5-8-15(17,2)14-10-12-6-3-4-7-13(12)16-14;1-13(7-4-8-14-13)12-9-10-5-2-3-6-11(10)15-12;1-10(2,3)16-9(15)12-7-5-6-11(12,4)8(13)14;1-6(5(8)9)3-2-4-7-6;4*1-2;/h5-6,8-9H,7,10-12,19H2,1-4H3;5-6,8-9H,7,10-12H2,1-4H3;3-4,6-7H,5,8-10H2,1-2H3;2-3,5-6,14H,4,7-9H2,1H3;5-7H2,1-4H3,(H,13,14);7H,2-4H2,1H3,(H,8,9);4*1-2H3;1H4/t2*18-;15-;13-;11-;6-;;;;;/m000000...../s1. The van der Waals surface area contributed by atoms with Crippen molar-refractivity contribution in [3.8, 4) is 0 Å². The number of fused-ring (bicyclic) bond motifs is 3. The van der Waals surface area contributed by atoms with E-state index in [1.165, 1.54) is 45.8 Å². The molecule has 6 saturated heterocycles. The van der Waals surface area contributed by atoms with E-state index in [0.29, 0.717) is 38.0 Å². The fraction of sp³-hybridized carbons (Fsp3) is 0.622. The second-order valence-electron chi connectivity index (χ2n) is 32.8. The number of carboxylic acids is 2. The smallest absolute Gasteiger partial charge is 0.411 e. The summed E-state index contributed by atoms with van der Waals surface area (Å²) in [5, 5.41) is 24.3. The highest BCUT2D eigenvalue weighted by atomic mass is 16.6. The van der Waals surface area contributed by atoms with Crippen molar-refractivity contribution >= 4 is 81.8 Å². The fourth-order valence-corrected chi connectivity index (χ4v) is 14.9. The van der Waals surface area contributed by atoms with Gasteiger partial charge < -0.3 is 45.7 Å². The van der Waals surface area contributed by atoms with Crippen LogP contribution in [0.5, 0.6) is 0 Å². The summed E-state index contributed by atoms with van der Waals surface area (Å²) in [6.07, 6.45) is 12.6. The molecule has 9 aliphatic heterocycles. The first-order valence-corrected chi connectivity index (χ1v) is 40.8. The monoisotopic (exact) mass is 1560 g/mol. The molecule has 6 atom stereocenters. The SMILES string of the molecule is C.CC.CC.CC.CC.CC(=O)N1CCC[C@@]1(C)C1=Nc2ccccc2C1.CC(C)(C)OC(=O)N1CCC[C@@]1(C)C(=O)Cc1ccccc1N.CC(C)(C)OC(=O)N1CCC[C@@]1(C)C(=O)O.CC(C)(C)OC(=O)N1CCC[C@@]1(C)C1=Nc2ccccc2C1.C[C@@]1(C(=O)O)CCCN1.C[C@@]1(C2=Nc3ccccc3C2)CCCN1. The van der Waals surface area contributed by atoms with Crippen LogP contribution in [0.3, 0.4) is 0 Å². The lowest BCUT2D eigenvalue weighted by Crippen LogP contribution is -2.52. The fourth-order valence-electron chi connectivity index (χ4n) is 14.9. The lowest BCUT2D eigenvalue weighted by molar-refractivity contribution is -0.148. The number of nitrogens with zero attached hydrogens (tertiary/aromatic N) is 7. The summed E-state index contributed by atoms with van der Waals surface area (Å²) in [6, 6.07) is 32.3. The molecule has 4 aromatic rings. The number of aliphatic carboxylic acids is 2. The number of nitrogens with one attached hydrogen (secondary N) is 2. The molecule has 0 aliphatic carbocycles. The summed E-state index contributed by atoms with van der Waals surface area (Å²) in [4.78, 5) is 104. The summed E-state index contributed by atoms with van der Waals surface area (Å²) in [6.45, 7) is 50.4. The van der Waals surface area contributed by atoms with Crippen LogP contribution >= 0.6 is 0 Å². The first kappa shape index (κ1) is 97.7. The molecule has 4 aromatic carbocycles. The summed E-state index contributed by atoms with van der Waals surface area (Å²) in [7, 11) is 0. The van der Waals surface area contributed by atoms with E-state index in [9.17, 15) is 33.6 Å². The zero-order valence-corrected chi connectivity index (χ0v) is 72.0. The van der Waals surface area contributed by atoms with Crippen LogP contribution in [0.25, 0.3) is 0 Å². The maximum Gasteiger partial charge on any atom is 0.411 e. The van der Waals surface area contributed by atoms with Crippen LogP contribution < -0.4 is 16.4 Å². The van der Waals surface area contributed by atoms with Gasteiger partial charge >= 0.3 is 30.2 Å². The lowest BCUT2D eigenvalue weighted by Gasteiger charge is -2.36. The summed E-state index contributed by atoms with van der Waals surface area (Å²) >= 11 is 0. The molecule has 6 fully saturated rings. The van der Waals surface area contributed by atoms with Gasteiger partial charge in [-0.05, 0) is 241 Å². The van der Waals surface area contributed by atoms with E-state index in [0.717, 1.165) is 119 Å². The zero-order valence-electron chi connectivity index (χ0n) is 72.0. The molecule has 0 radical (unpaired) electrons. The number of hydrogen-bond donors (Lipinski definition) is 5. The normalized spacial score (nSPS) is 23.9. The van der Waals surface area contributed by atoms with Gasteiger partial charge in [0.15, 0.2) is 5.78 Å². The number of likely N-dealkylation sites (tertiary alicyclic amines) is 4. The minimum atomic E-state index is -1.12. The number of aliphatic imine (C=N–C) groups is 3. The van der Waals surface area contributed by atoms with Crippen molar-refractivity contribution in [2.45, 2.75) is 326 Å². The van der Waals surface area contributed by atoms with Crippen molar-refractivity contribution in [2.75, 3.05) is 45.0 Å². The number of amides is 4. The molecule has 4 amide bonds. The van der Waals surface area contributed by atoms with Gasteiger partial charge in [0.2, 0.25) is 5.91 Å². The largest absolute Gasteiger partial charge is 0.480 e. The van der Waals surface area contributed by atoms with E-state index in [1.807, 2.05) is 156 Å². The Morgan fingerprint density at radius 3 is 1.16 bits per heavy atom. The number of carbonyl (C=O) groups is 7. The summed E-state index contributed by atoms with van der Waals surface area (Å²) in [5.41, 5.74) is 13.5. The highest BCUT2D eigenvalue weighted by Gasteiger charge is 2.50. The van der Waals surface area contributed by atoms with Crippen molar-refractivity contribution in [3.63, 3.8) is 0 Å². The molecule has 624 valence electrons. The van der Waals surface area contributed by atoms with Gasteiger partial charge in [-0.3, -0.25) is 44.1 Å². The van der Waals surface area contributed by atoms with E-state index >= 15 is 0 Å². The Morgan fingerprint density at radius 2 is 0.786 bits per heavy atom. The Morgan fingerprint density at radius 1 is 0.438 bits per heavy atom. The molecule has 22 heteroatoms. The van der Waals surface area contributed by atoms with Crippen molar-refractivity contribution in [3.05, 3.63) is 119 Å². The number of hydrogen-bond acceptors (Lipinski definition) is 16. The van der Waals surface area contributed by atoms with Crippen molar-refractivity contribution in [2.24, 2.45) is 15.0 Å². The number of anilines is 1. The Balaban J connectivity index is 0.000000346. The van der Waals surface area contributed by atoms with E-state index < -0.39 is 57.5 Å². The topological polar surface area (TPSA) is 288 Å². The molecule has 6 N–H and O–H groups in total. The predicted molar refractivity (Wildman–Crippen MR) is 457 cm³/mol. The number of carbonyl (C=O) groups excluding carboxylic acids is 5. The minimum absolute atomic E-state index is 0. The molecule has 9 heterocycles. The van der Waals surface area contributed by atoms with Crippen LogP contribution in [0, 0.1) is 0 Å². The quantitative estimate of drug-likeness (QED) is 0.0809. The third kappa shape index (κ3) is 25.5. The number of nitrogens with two attached hydrogens (primary N) is 1. The van der Waals surface area contributed by atoms with Crippen molar-refractivity contribution < 1.29 is 58.0 Å².